The third kappa shape index (κ3) is 3.43. The van der Waals surface area contributed by atoms with E-state index in [1.807, 2.05) is 30.9 Å². The molecular formula is C20H28N6O2. The number of aromatic nitrogens is 2. The Morgan fingerprint density at radius 2 is 1.89 bits per heavy atom. The molecule has 4 unspecified atom stereocenters. The van der Waals surface area contributed by atoms with Gasteiger partial charge < -0.3 is 10.6 Å². The number of aryl methyl sites for hydroxylation is 1. The third-order valence-corrected chi connectivity index (χ3v) is 5.90. The van der Waals surface area contributed by atoms with Crippen LogP contribution in [-0.2, 0) is 16.1 Å². The largest absolute Gasteiger partial charge is 0.357 e. The van der Waals surface area contributed by atoms with Crippen molar-refractivity contribution in [1.82, 2.24) is 25.3 Å². The number of aliphatic imine (C=N–C) groups is 1. The normalized spacial score (nSPS) is 28.4. The Morgan fingerprint density at radius 1 is 1.18 bits per heavy atom. The quantitative estimate of drug-likeness (QED) is 0.310. The zero-order chi connectivity index (χ0) is 19.7. The summed E-state index contributed by atoms with van der Waals surface area (Å²) in [5, 5.41) is 10.7. The van der Waals surface area contributed by atoms with Crippen molar-refractivity contribution < 1.29 is 9.59 Å². The van der Waals surface area contributed by atoms with Crippen LogP contribution in [0.3, 0.4) is 0 Å². The fourth-order valence-corrected chi connectivity index (χ4v) is 4.67. The number of amides is 2. The molecule has 150 valence electrons. The van der Waals surface area contributed by atoms with Gasteiger partial charge in [0.1, 0.15) is 0 Å². The molecule has 2 aliphatic carbocycles. The number of fused-ring (bicyclic) bond motifs is 5. The van der Waals surface area contributed by atoms with Crippen molar-refractivity contribution in [3.05, 3.63) is 30.1 Å². The van der Waals surface area contributed by atoms with E-state index in [2.05, 4.69) is 32.9 Å². The topological polar surface area (TPSA) is 91.6 Å². The molecule has 1 saturated carbocycles. The first kappa shape index (κ1) is 18.7. The summed E-state index contributed by atoms with van der Waals surface area (Å²) in [5.74, 6) is 0.967. The van der Waals surface area contributed by atoms with Gasteiger partial charge in [-0.05, 0) is 37.7 Å². The lowest BCUT2D eigenvalue weighted by Crippen LogP contribution is -2.43. The van der Waals surface area contributed by atoms with Gasteiger partial charge >= 0.3 is 0 Å². The maximum absolute atomic E-state index is 12.7. The van der Waals surface area contributed by atoms with Crippen molar-refractivity contribution >= 4 is 17.8 Å². The van der Waals surface area contributed by atoms with Crippen LogP contribution in [0.15, 0.2) is 29.5 Å². The van der Waals surface area contributed by atoms with Crippen molar-refractivity contribution in [2.75, 3.05) is 26.2 Å². The molecule has 2 amide bonds. The van der Waals surface area contributed by atoms with Crippen molar-refractivity contribution in [2.45, 2.75) is 26.8 Å². The molecule has 8 heteroatoms. The maximum atomic E-state index is 12.7. The number of rotatable bonds is 7. The molecule has 0 radical (unpaired) electrons. The first-order valence-electron chi connectivity index (χ1n) is 10.1. The smallest absolute Gasteiger partial charge is 0.233 e. The Bertz CT molecular complexity index is 783. The molecule has 2 fully saturated rings. The van der Waals surface area contributed by atoms with Crippen molar-refractivity contribution in [3.8, 4) is 0 Å². The van der Waals surface area contributed by atoms with Gasteiger partial charge in [0.2, 0.25) is 11.8 Å². The number of guanidine groups is 1. The summed E-state index contributed by atoms with van der Waals surface area (Å²) in [4.78, 5) is 31.4. The van der Waals surface area contributed by atoms with E-state index in [-0.39, 0.29) is 35.5 Å². The Balaban J connectivity index is 1.28. The van der Waals surface area contributed by atoms with Gasteiger partial charge in [-0.3, -0.25) is 24.2 Å². The van der Waals surface area contributed by atoms with Gasteiger partial charge in [0.25, 0.3) is 0 Å². The SMILES string of the molecule is CCNC(=NCCn1cc(C)cn1)NCCN1C(=O)C2C3C=CC(C3)C2C1=O. The first-order chi connectivity index (χ1) is 13.6. The summed E-state index contributed by atoms with van der Waals surface area (Å²) >= 11 is 0. The summed E-state index contributed by atoms with van der Waals surface area (Å²) in [6.45, 7) is 6.93. The van der Waals surface area contributed by atoms with Crippen LogP contribution in [0.2, 0.25) is 0 Å². The van der Waals surface area contributed by atoms with Gasteiger partial charge in [0.15, 0.2) is 5.96 Å². The molecule has 0 spiro atoms. The molecule has 8 nitrogen and oxygen atoms in total. The van der Waals surface area contributed by atoms with Crippen LogP contribution in [0.4, 0.5) is 0 Å². The van der Waals surface area contributed by atoms with E-state index in [1.54, 1.807) is 0 Å². The molecule has 28 heavy (non-hydrogen) atoms. The molecule has 2 heterocycles. The van der Waals surface area contributed by atoms with Crippen molar-refractivity contribution in [2.24, 2.45) is 28.7 Å². The van der Waals surface area contributed by atoms with E-state index < -0.39 is 0 Å². The van der Waals surface area contributed by atoms with Crippen LogP contribution in [0, 0.1) is 30.6 Å². The zero-order valence-electron chi connectivity index (χ0n) is 16.5. The Hall–Kier alpha value is -2.64. The average Bonchev–Trinajstić information content (AvgIpc) is 3.43. The van der Waals surface area contributed by atoms with Crippen LogP contribution in [0.5, 0.6) is 0 Å². The van der Waals surface area contributed by atoms with E-state index in [0.29, 0.717) is 32.1 Å². The molecule has 1 aliphatic heterocycles. The molecule has 1 saturated heterocycles. The Labute approximate surface area is 165 Å². The van der Waals surface area contributed by atoms with Crippen molar-refractivity contribution in [1.29, 1.82) is 0 Å². The lowest BCUT2D eigenvalue weighted by Gasteiger charge is -2.18. The van der Waals surface area contributed by atoms with E-state index in [0.717, 1.165) is 18.5 Å². The number of imide groups is 1. The zero-order valence-corrected chi connectivity index (χ0v) is 16.5. The minimum atomic E-state index is -0.123. The van der Waals surface area contributed by atoms with Crippen LogP contribution in [0.1, 0.15) is 18.9 Å². The van der Waals surface area contributed by atoms with E-state index in [9.17, 15) is 9.59 Å². The van der Waals surface area contributed by atoms with Gasteiger partial charge in [-0.15, -0.1) is 0 Å². The number of carbonyl (C=O) groups is 2. The van der Waals surface area contributed by atoms with E-state index in [4.69, 9.17) is 0 Å². The number of hydrogen-bond donors (Lipinski definition) is 2. The summed E-state index contributed by atoms with van der Waals surface area (Å²) in [6.07, 6.45) is 9.02. The fourth-order valence-electron chi connectivity index (χ4n) is 4.67. The second-order valence-corrected chi connectivity index (χ2v) is 7.80. The molecule has 4 rings (SSSR count). The summed E-state index contributed by atoms with van der Waals surface area (Å²) in [6, 6.07) is 0. The molecule has 3 aliphatic rings. The number of nitrogens with one attached hydrogen (secondary N) is 2. The molecule has 0 aromatic carbocycles. The molecule has 4 atom stereocenters. The lowest BCUT2D eigenvalue weighted by molar-refractivity contribution is -0.140. The fraction of sp³-hybridized carbons (Fsp3) is 0.600. The monoisotopic (exact) mass is 384 g/mol. The van der Waals surface area contributed by atoms with Gasteiger partial charge in [0.05, 0.1) is 31.1 Å². The van der Waals surface area contributed by atoms with Gasteiger partial charge in [0, 0.05) is 25.8 Å². The first-order valence-corrected chi connectivity index (χ1v) is 10.1. The van der Waals surface area contributed by atoms with Crippen LogP contribution < -0.4 is 10.6 Å². The van der Waals surface area contributed by atoms with Crippen LogP contribution >= 0.6 is 0 Å². The summed E-state index contributed by atoms with van der Waals surface area (Å²) < 4.78 is 1.87. The second-order valence-electron chi connectivity index (χ2n) is 7.80. The van der Waals surface area contributed by atoms with Gasteiger partial charge in [-0.25, -0.2) is 0 Å². The van der Waals surface area contributed by atoms with E-state index >= 15 is 0 Å². The highest BCUT2D eigenvalue weighted by Gasteiger charge is 2.58. The molecule has 2 bridgehead atoms. The Kier molecular flexibility index (Phi) is 5.19. The number of likely N-dealkylation sites (tertiary alicyclic amines) is 1. The predicted molar refractivity (Wildman–Crippen MR) is 105 cm³/mol. The highest BCUT2D eigenvalue weighted by Crippen LogP contribution is 2.52. The molecule has 2 N–H and O–H groups in total. The summed E-state index contributed by atoms with van der Waals surface area (Å²) in [5.41, 5.74) is 1.13. The van der Waals surface area contributed by atoms with Crippen LogP contribution in [-0.4, -0.2) is 58.6 Å². The highest BCUT2D eigenvalue weighted by atomic mass is 16.2. The number of hydrogen-bond acceptors (Lipinski definition) is 4. The number of nitrogens with zero attached hydrogens (tertiary/aromatic N) is 4. The third-order valence-electron chi connectivity index (χ3n) is 5.90. The summed E-state index contributed by atoms with van der Waals surface area (Å²) in [7, 11) is 0. The molecular weight excluding hydrogens is 356 g/mol. The van der Waals surface area contributed by atoms with Gasteiger partial charge in [-0.1, -0.05) is 12.2 Å². The Morgan fingerprint density at radius 3 is 2.50 bits per heavy atom. The van der Waals surface area contributed by atoms with Crippen molar-refractivity contribution in [3.63, 3.8) is 0 Å². The van der Waals surface area contributed by atoms with Crippen LogP contribution in [0.25, 0.3) is 0 Å². The minimum Gasteiger partial charge on any atom is -0.357 e. The van der Waals surface area contributed by atoms with E-state index in [1.165, 1.54) is 4.90 Å². The highest BCUT2D eigenvalue weighted by molar-refractivity contribution is 6.06. The minimum absolute atomic E-state index is 0.00430. The molecule has 1 aromatic rings. The number of carbonyl (C=O) groups excluding carboxylic acids is 2. The average molecular weight is 384 g/mol. The number of allylic oxidation sites excluding steroid dienone is 2. The maximum Gasteiger partial charge on any atom is 0.233 e. The lowest BCUT2D eigenvalue weighted by atomic mass is 9.85. The van der Waals surface area contributed by atoms with Gasteiger partial charge in [-0.2, -0.15) is 5.10 Å². The molecule has 1 aromatic heterocycles. The standard InChI is InChI=1S/C20H28N6O2/c1-3-21-20(22-6-8-25-12-13(2)11-24-25)23-7-9-26-18(27)16-14-4-5-15(10-14)17(16)19(26)28/h4-5,11-12,14-17H,3,6-10H2,1-2H3,(H2,21,22,23). The second kappa shape index (κ2) is 7.77. The predicted octanol–water partition coefficient (Wildman–Crippen LogP) is 0.554.